The van der Waals surface area contributed by atoms with Crippen LogP contribution in [0.3, 0.4) is 0 Å². The smallest absolute Gasteiger partial charge is 0.244 e. The van der Waals surface area contributed by atoms with Gasteiger partial charge in [0.2, 0.25) is 27.0 Å². The van der Waals surface area contributed by atoms with E-state index >= 15 is 0 Å². The molecule has 2 amide bonds. The van der Waals surface area contributed by atoms with E-state index in [9.17, 15) is 18.0 Å². The van der Waals surface area contributed by atoms with Gasteiger partial charge in [0.25, 0.3) is 0 Å². The average molecular weight is 520 g/mol. The number of piperazine rings is 1. The molecule has 0 saturated carbocycles. The van der Waals surface area contributed by atoms with Crippen LogP contribution in [0.15, 0.2) is 23.1 Å². The van der Waals surface area contributed by atoms with E-state index in [0.717, 1.165) is 17.8 Å². The topological polar surface area (TPSA) is 113 Å². The van der Waals surface area contributed by atoms with Gasteiger partial charge in [-0.3, -0.25) is 9.59 Å². The third-order valence-electron chi connectivity index (χ3n) is 4.85. The molecule has 174 valence electrons. The molecule has 1 aromatic heterocycles. The monoisotopic (exact) mass is 519 g/mol. The van der Waals surface area contributed by atoms with Crippen molar-refractivity contribution >= 4 is 61.5 Å². The SMILES string of the molecule is CCCc1nnc(NC(=O)CCC(=O)N2CCN(S(=O)(=O)c3cc(Cl)ccc3Cl)CC2)s1. The van der Waals surface area contributed by atoms with Gasteiger partial charge >= 0.3 is 0 Å². The van der Waals surface area contributed by atoms with Crippen LogP contribution in [0.5, 0.6) is 0 Å². The molecule has 1 aliphatic heterocycles. The van der Waals surface area contributed by atoms with Gasteiger partial charge in [0, 0.05) is 50.5 Å². The second kappa shape index (κ2) is 10.9. The summed E-state index contributed by atoms with van der Waals surface area (Å²) in [4.78, 5) is 26.1. The summed E-state index contributed by atoms with van der Waals surface area (Å²) >= 11 is 13.3. The Labute approximate surface area is 200 Å². The number of nitrogens with zero attached hydrogens (tertiary/aromatic N) is 4. The molecule has 1 fully saturated rings. The molecule has 1 aliphatic rings. The maximum Gasteiger partial charge on any atom is 0.244 e. The Kier molecular flexibility index (Phi) is 8.45. The summed E-state index contributed by atoms with van der Waals surface area (Å²) in [7, 11) is -3.82. The van der Waals surface area contributed by atoms with E-state index in [1.165, 1.54) is 33.8 Å². The maximum atomic E-state index is 12.9. The fourth-order valence-electron chi connectivity index (χ4n) is 3.17. The number of aromatic nitrogens is 2. The zero-order chi connectivity index (χ0) is 23.3. The van der Waals surface area contributed by atoms with Crippen LogP contribution in [-0.2, 0) is 26.0 Å². The molecular formula is C19H23Cl2N5O4S2. The zero-order valence-electron chi connectivity index (χ0n) is 17.4. The summed E-state index contributed by atoms with van der Waals surface area (Å²) < 4.78 is 27.1. The quantitative estimate of drug-likeness (QED) is 0.573. The maximum absolute atomic E-state index is 12.9. The Morgan fingerprint density at radius 2 is 1.84 bits per heavy atom. The Hall–Kier alpha value is -1.79. The Balaban J connectivity index is 1.48. The molecular weight excluding hydrogens is 497 g/mol. The molecule has 0 spiro atoms. The number of carbonyl (C=O) groups excluding carboxylic acids is 2. The molecule has 0 unspecified atom stereocenters. The molecule has 0 aliphatic carbocycles. The number of hydrogen-bond donors (Lipinski definition) is 1. The minimum Gasteiger partial charge on any atom is -0.340 e. The van der Waals surface area contributed by atoms with E-state index in [1.54, 1.807) is 4.90 Å². The lowest BCUT2D eigenvalue weighted by Crippen LogP contribution is -2.50. The first-order chi connectivity index (χ1) is 15.2. The first kappa shape index (κ1) is 24.8. The number of anilines is 1. The summed E-state index contributed by atoms with van der Waals surface area (Å²) in [5.41, 5.74) is 0. The minimum absolute atomic E-state index is 0.0121. The van der Waals surface area contributed by atoms with Gasteiger partial charge in [-0.05, 0) is 24.6 Å². The minimum atomic E-state index is -3.82. The van der Waals surface area contributed by atoms with Crippen molar-refractivity contribution in [2.24, 2.45) is 0 Å². The lowest BCUT2D eigenvalue weighted by molar-refractivity contribution is -0.133. The van der Waals surface area contributed by atoms with E-state index in [4.69, 9.17) is 23.2 Å². The summed E-state index contributed by atoms with van der Waals surface area (Å²) in [6.45, 7) is 2.76. The van der Waals surface area contributed by atoms with Gasteiger partial charge in [0.15, 0.2) is 0 Å². The third-order valence-corrected chi connectivity index (χ3v) is 8.36. The van der Waals surface area contributed by atoms with Gasteiger partial charge in [-0.25, -0.2) is 8.42 Å². The summed E-state index contributed by atoms with van der Waals surface area (Å²) in [6.07, 6.45) is 1.78. The summed E-state index contributed by atoms with van der Waals surface area (Å²) in [6, 6.07) is 4.28. The van der Waals surface area contributed by atoms with Gasteiger partial charge in [-0.1, -0.05) is 41.5 Å². The van der Waals surface area contributed by atoms with Crippen LogP contribution in [0, 0.1) is 0 Å². The number of amides is 2. The Bertz CT molecular complexity index is 1090. The second-order valence-corrected chi connectivity index (χ2v) is 11.0. The molecule has 0 radical (unpaired) electrons. The van der Waals surface area contributed by atoms with Crippen molar-refractivity contribution in [3.05, 3.63) is 33.3 Å². The number of benzene rings is 1. The van der Waals surface area contributed by atoms with Crippen molar-refractivity contribution in [2.75, 3.05) is 31.5 Å². The van der Waals surface area contributed by atoms with Gasteiger partial charge in [-0.2, -0.15) is 4.31 Å². The third kappa shape index (κ3) is 6.16. The molecule has 0 atom stereocenters. The van der Waals surface area contributed by atoms with Crippen LogP contribution in [-0.4, -0.2) is 65.8 Å². The van der Waals surface area contributed by atoms with Crippen molar-refractivity contribution < 1.29 is 18.0 Å². The highest BCUT2D eigenvalue weighted by Gasteiger charge is 2.31. The molecule has 1 N–H and O–H groups in total. The molecule has 3 rings (SSSR count). The molecule has 0 bridgehead atoms. The summed E-state index contributed by atoms with van der Waals surface area (Å²) in [5.74, 6) is -0.517. The van der Waals surface area contributed by atoms with Crippen molar-refractivity contribution in [3.8, 4) is 0 Å². The lowest BCUT2D eigenvalue weighted by Gasteiger charge is -2.34. The van der Waals surface area contributed by atoms with Crippen LogP contribution in [0.4, 0.5) is 5.13 Å². The molecule has 1 saturated heterocycles. The van der Waals surface area contributed by atoms with Gasteiger partial charge in [0.05, 0.1) is 5.02 Å². The number of hydrogen-bond acceptors (Lipinski definition) is 7. The largest absolute Gasteiger partial charge is 0.340 e. The highest BCUT2D eigenvalue weighted by Crippen LogP contribution is 2.28. The molecule has 2 heterocycles. The molecule has 1 aromatic carbocycles. The molecule has 13 heteroatoms. The first-order valence-corrected chi connectivity index (χ1v) is 13.1. The standard InChI is InChI=1S/C19H23Cl2N5O4S2/c1-2-3-17-23-24-19(31-17)22-16(27)6-7-18(28)25-8-10-26(11-9-25)32(29,30)15-12-13(20)4-5-14(15)21/h4-5,12H,2-3,6-11H2,1H3,(H,22,24,27). The van der Waals surface area contributed by atoms with Crippen LogP contribution in [0.1, 0.15) is 31.2 Å². The van der Waals surface area contributed by atoms with Crippen LogP contribution in [0.25, 0.3) is 0 Å². The van der Waals surface area contributed by atoms with Crippen molar-refractivity contribution in [2.45, 2.75) is 37.5 Å². The van der Waals surface area contributed by atoms with E-state index in [2.05, 4.69) is 15.5 Å². The second-order valence-electron chi connectivity index (χ2n) is 7.16. The number of sulfonamides is 1. The van der Waals surface area contributed by atoms with Crippen LogP contribution in [0.2, 0.25) is 10.0 Å². The number of carbonyl (C=O) groups is 2. The molecule has 32 heavy (non-hydrogen) atoms. The fraction of sp³-hybridized carbons (Fsp3) is 0.474. The fourth-order valence-corrected chi connectivity index (χ4v) is 6.19. The van der Waals surface area contributed by atoms with E-state index in [0.29, 0.717) is 5.13 Å². The van der Waals surface area contributed by atoms with Crippen molar-refractivity contribution in [1.29, 1.82) is 0 Å². The van der Waals surface area contributed by atoms with Crippen molar-refractivity contribution in [1.82, 2.24) is 19.4 Å². The van der Waals surface area contributed by atoms with Gasteiger partial charge in [0.1, 0.15) is 9.90 Å². The molecule has 2 aromatic rings. The number of nitrogens with one attached hydrogen (secondary N) is 1. The number of rotatable bonds is 8. The number of aryl methyl sites for hydroxylation is 1. The van der Waals surface area contributed by atoms with Gasteiger partial charge in [-0.15, -0.1) is 10.2 Å². The predicted octanol–water partition coefficient (Wildman–Crippen LogP) is 3.05. The number of halogens is 2. The Morgan fingerprint density at radius 3 is 2.53 bits per heavy atom. The normalized spacial score (nSPS) is 15.0. The van der Waals surface area contributed by atoms with Gasteiger partial charge < -0.3 is 10.2 Å². The highest BCUT2D eigenvalue weighted by molar-refractivity contribution is 7.89. The van der Waals surface area contributed by atoms with E-state index in [1.807, 2.05) is 6.92 Å². The first-order valence-electron chi connectivity index (χ1n) is 10.1. The predicted molar refractivity (Wildman–Crippen MR) is 124 cm³/mol. The van der Waals surface area contributed by atoms with Crippen molar-refractivity contribution in [3.63, 3.8) is 0 Å². The lowest BCUT2D eigenvalue weighted by atomic mass is 10.2. The highest BCUT2D eigenvalue weighted by atomic mass is 35.5. The Morgan fingerprint density at radius 1 is 1.12 bits per heavy atom. The van der Waals surface area contributed by atoms with E-state index in [-0.39, 0.29) is 65.8 Å². The summed E-state index contributed by atoms with van der Waals surface area (Å²) in [5, 5.41) is 12.2. The molecule has 9 nitrogen and oxygen atoms in total. The average Bonchev–Trinajstić information content (AvgIpc) is 3.20. The van der Waals surface area contributed by atoms with Crippen LogP contribution >= 0.6 is 34.5 Å². The van der Waals surface area contributed by atoms with E-state index < -0.39 is 10.0 Å². The zero-order valence-corrected chi connectivity index (χ0v) is 20.5. The van der Waals surface area contributed by atoms with Crippen LogP contribution < -0.4 is 5.32 Å².